The van der Waals surface area contributed by atoms with Crippen LogP contribution < -0.4 is 0 Å². The van der Waals surface area contributed by atoms with Crippen LogP contribution in [0.15, 0.2) is 48.5 Å². The minimum Gasteiger partial charge on any atom is -0.206 e. The number of halogens is 1. The molecule has 1 aliphatic rings. The van der Waals surface area contributed by atoms with Gasteiger partial charge in [-0.2, -0.15) is 0 Å². The molecule has 0 heterocycles. The number of hydrogen-bond donors (Lipinski definition) is 0. The molecular weight excluding hydrogens is 307 g/mol. The molecule has 1 unspecified atom stereocenters. The Morgan fingerprint density at radius 2 is 1.72 bits per heavy atom. The summed E-state index contributed by atoms with van der Waals surface area (Å²) in [6.07, 6.45) is 9.21. The number of benzene rings is 2. The fourth-order valence-corrected chi connectivity index (χ4v) is 4.53. The third kappa shape index (κ3) is 4.71. The van der Waals surface area contributed by atoms with E-state index in [0.29, 0.717) is 11.5 Å². The van der Waals surface area contributed by atoms with Gasteiger partial charge in [-0.25, -0.2) is 4.39 Å². The van der Waals surface area contributed by atoms with Crippen LogP contribution >= 0.6 is 0 Å². The molecule has 25 heavy (non-hydrogen) atoms. The Morgan fingerprint density at radius 3 is 2.36 bits per heavy atom. The SMILES string of the molecule is CCCC1CCC(C(C)Cc2ccc(-c3ccccc3)c(F)c2)CC1. The molecule has 1 atom stereocenters. The van der Waals surface area contributed by atoms with Gasteiger partial charge in [-0.1, -0.05) is 82.0 Å². The molecule has 2 aromatic rings. The highest BCUT2D eigenvalue weighted by Crippen LogP contribution is 2.36. The third-order valence-electron chi connectivity index (χ3n) is 6.07. The molecule has 1 saturated carbocycles. The lowest BCUT2D eigenvalue weighted by Crippen LogP contribution is -2.21. The highest BCUT2D eigenvalue weighted by atomic mass is 19.1. The Bertz CT molecular complexity index is 653. The van der Waals surface area contributed by atoms with Gasteiger partial charge in [-0.05, 0) is 54.2 Å². The Kier molecular flexibility index (Phi) is 6.29. The van der Waals surface area contributed by atoms with Crippen LogP contribution in [0.1, 0.15) is 57.9 Å². The molecule has 0 N–H and O–H groups in total. The molecule has 0 aliphatic heterocycles. The van der Waals surface area contributed by atoms with Crippen molar-refractivity contribution in [2.24, 2.45) is 17.8 Å². The first kappa shape index (κ1) is 18.2. The van der Waals surface area contributed by atoms with Crippen molar-refractivity contribution in [1.82, 2.24) is 0 Å². The van der Waals surface area contributed by atoms with Crippen molar-refractivity contribution in [1.29, 1.82) is 0 Å². The van der Waals surface area contributed by atoms with Gasteiger partial charge in [-0.3, -0.25) is 0 Å². The summed E-state index contributed by atoms with van der Waals surface area (Å²) in [5.74, 6) is 2.31. The van der Waals surface area contributed by atoms with E-state index in [0.717, 1.165) is 29.4 Å². The van der Waals surface area contributed by atoms with E-state index in [4.69, 9.17) is 0 Å². The van der Waals surface area contributed by atoms with Crippen molar-refractivity contribution in [2.45, 2.75) is 58.8 Å². The molecular formula is C24H31F. The highest BCUT2D eigenvalue weighted by molar-refractivity contribution is 5.64. The largest absolute Gasteiger partial charge is 0.206 e. The lowest BCUT2D eigenvalue weighted by molar-refractivity contribution is 0.206. The molecule has 0 aromatic heterocycles. The molecule has 0 amide bonds. The Labute approximate surface area is 152 Å². The second-order valence-corrected chi connectivity index (χ2v) is 7.93. The highest BCUT2D eigenvalue weighted by Gasteiger charge is 2.25. The third-order valence-corrected chi connectivity index (χ3v) is 6.07. The van der Waals surface area contributed by atoms with Crippen molar-refractivity contribution in [2.75, 3.05) is 0 Å². The molecule has 3 rings (SSSR count). The summed E-state index contributed by atoms with van der Waals surface area (Å²) in [6, 6.07) is 15.6. The number of rotatable bonds is 6. The Morgan fingerprint density at radius 1 is 1.00 bits per heavy atom. The zero-order valence-electron chi connectivity index (χ0n) is 15.7. The topological polar surface area (TPSA) is 0 Å². The van der Waals surface area contributed by atoms with E-state index in [1.807, 2.05) is 36.4 Å². The van der Waals surface area contributed by atoms with Crippen LogP contribution in [-0.4, -0.2) is 0 Å². The fourth-order valence-electron chi connectivity index (χ4n) is 4.53. The molecule has 2 aromatic carbocycles. The van der Waals surface area contributed by atoms with Gasteiger partial charge in [0.15, 0.2) is 0 Å². The maximum absolute atomic E-state index is 14.6. The lowest BCUT2D eigenvalue weighted by atomic mass is 9.73. The van der Waals surface area contributed by atoms with E-state index < -0.39 is 0 Å². The maximum Gasteiger partial charge on any atom is 0.131 e. The lowest BCUT2D eigenvalue weighted by Gasteiger charge is -2.32. The van der Waals surface area contributed by atoms with Gasteiger partial charge >= 0.3 is 0 Å². The van der Waals surface area contributed by atoms with Gasteiger partial charge in [0, 0.05) is 5.56 Å². The van der Waals surface area contributed by atoms with Crippen molar-refractivity contribution in [3.05, 3.63) is 59.9 Å². The molecule has 1 heteroatoms. The normalized spacial score (nSPS) is 21.9. The summed E-state index contributed by atoms with van der Waals surface area (Å²) in [4.78, 5) is 0. The van der Waals surface area contributed by atoms with Gasteiger partial charge in [0.1, 0.15) is 5.82 Å². The summed E-state index contributed by atoms with van der Waals surface area (Å²) in [5.41, 5.74) is 2.80. The molecule has 0 saturated heterocycles. The van der Waals surface area contributed by atoms with Crippen molar-refractivity contribution in [3.63, 3.8) is 0 Å². The van der Waals surface area contributed by atoms with E-state index >= 15 is 0 Å². The predicted molar refractivity (Wildman–Crippen MR) is 105 cm³/mol. The van der Waals surface area contributed by atoms with Crippen molar-refractivity contribution >= 4 is 0 Å². The summed E-state index contributed by atoms with van der Waals surface area (Å²) in [6.45, 7) is 4.65. The molecule has 134 valence electrons. The van der Waals surface area contributed by atoms with Crippen molar-refractivity contribution < 1.29 is 4.39 Å². The van der Waals surface area contributed by atoms with Crippen LogP contribution in [0, 0.1) is 23.6 Å². The predicted octanol–water partition coefficient (Wildman–Crippen LogP) is 7.28. The standard InChI is InChI=1S/C24H31F/c1-3-7-19-10-13-21(14-11-19)18(2)16-20-12-15-23(24(25)17-20)22-8-5-4-6-9-22/h4-6,8-9,12,15,17-19,21H,3,7,10-11,13-14,16H2,1-2H3. The zero-order chi connectivity index (χ0) is 17.6. The van der Waals surface area contributed by atoms with Gasteiger partial charge < -0.3 is 0 Å². The van der Waals surface area contributed by atoms with E-state index in [-0.39, 0.29) is 5.82 Å². The minimum atomic E-state index is -0.0949. The van der Waals surface area contributed by atoms with Gasteiger partial charge in [0.25, 0.3) is 0 Å². The van der Waals surface area contributed by atoms with Crippen LogP contribution in [-0.2, 0) is 6.42 Å². The average Bonchev–Trinajstić information content (AvgIpc) is 2.63. The monoisotopic (exact) mass is 338 g/mol. The van der Waals surface area contributed by atoms with E-state index in [2.05, 4.69) is 19.9 Å². The van der Waals surface area contributed by atoms with E-state index in [1.54, 1.807) is 6.07 Å². The van der Waals surface area contributed by atoms with Crippen LogP contribution in [0.2, 0.25) is 0 Å². The zero-order valence-corrected chi connectivity index (χ0v) is 15.7. The molecule has 0 nitrogen and oxygen atoms in total. The van der Waals surface area contributed by atoms with Crippen LogP contribution in [0.25, 0.3) is 11.1 Å². The summed E-state index contributed by atoms with van der Waals surface area (Å²) in [7, 11) is 0. The van der Waals surface area contributed by atoms with Crippen LogP contribution in [0.4, 0.5) is 4.39 Å². The Hall–Kier alpha value is -1.63. The molecule has 1 aliphatic carbocycles. The first-order valence-corrected chi connectivity index (χ1v) is 10.0. The van der Waals surface area contributed by atoms with Crippen LogP contribution in [0.5, 0.6) is 0 Å². The second kappa shape index (κ2) is 8.65. The molecule has 1 fully saturated rings. The summed E-state index contributed by atoms with van der Waals surface area (Å²) < 4.78 is 14.6. The average molecular weight is 339 g/mol. The first-order chi connectivity index (χ1) is 12.2. The summed E-state index contributed by atoms with van der Waals surface area (Å²) in [5, 5.41) is 0. The van der Waals surface area contributed by atoms with E-state index in [1.165, 1.54) is 38.5 Å². The number of hydrogen-bond acceptors (Lipinski definition) is 0. The van der Waals surface area contributed by atoms with Crippen LogP contribution in [0.3, 0.4) is 0 Å². The van der Waals surface area contributed by atoms with Crippen molar-refractivity contribution in [3.8, 4) is 11.1 Å². The second-order valence-electron chi connectivity index (χ2n) is 7.93. The fraction of sp³-hybridized carbons (Fsp3) is 0.500. The quantitative estimate of drug-likeness (QED) is 0.519. The van der Waals surface area contributed by atoms with Gasteiger partial charge in [0.2, 0.25) is 0 Å². The van der Waals surface area contributed by atoms with Gasteiger partial charge in [-0.15, -0.1) is 0 Å². The molecule has 0 bridgehead atoms. The maximum atomic E-state index is 14.6. The molecule has 0 radical (unpaired) electrons. The first-order valence-electron chi connectivity index (χ1n) is 10.0. The molecule has 0 spiro atoms. The Balaban J connectivity index is 1.61. The smallest absolute Gasteiger partial charge is 0.131 e. The minimum absolute atomic E-state index is 0.0949. The van der Waals surface area contributed by atoms with E-state index in [9.17, 15) is 4.39 Å². The summed E-state index contributed by atoms with van der Waals surface area (Å²) >= 11 is 0. The van der Waals surface area contributed by atoms with Gasteiger partial charge in [0.05, 0.1) is 0 Å².